The van der Waals surface area contributed by atoms with Crippen LogP contribution in [0.1, 0.15) is 10.4 Å². The second kappa shape index (κ2) is 9.60. The molecule has 2 nitrogen and oxygen atoms in total. The molecule has 2 heteroatoms. The highest BCUT2D eigenvalue weighted by Gasteiger charge is 2.27. The fourth-order valence-electron chi connectivity index (χ4n) is 5.30. The van der Waals surface area contributed by atoms with Gasteiger partial charge in [-0.3, -0.25) is 0 Å². The predicted molar refractivity (Wildman–Crippen MR) is 153 cm³/mol. The Hall–Kier alpha value is -4.95. The molecule has 0 fully saturated rings. The van der Waals surface area contributed by atoms with Gasteiger partial charge in [-0.25, -0.2) is 4.79 Å². The summed E-state index contributed by atoms with van der Waals surface area (Å²) in [6.07, 6.45) is 0. The number of carboxylic acid groups (broad SMARTS) is 1. The van der Waals surface area contributed by atoms with Crippen molar-refractivity contribution in [2.45, 2.75) is 0 Å². The molecule has 6 rings (SSSR count). The summed E-state index contributed by atoms with van der Waals surface area (Å²) in [6, 6.07) is 46.5. The minimum absolute atomic E-state index is 0.317. The van der Waals surface area contributed by atoms with E-state index in [4.69, 9.17) is 0 Å². The van der Waals surface area contributed by atoms with Crippen molar-refractivity contribution in [1.29, 1.82) is 0 Å². The molecule has 176 valence electrons. The first-order valence-corrected chi connectivity index (χ1v) is 12.3. The van der Waals surface area contributed by atoms with Crippen LogP contribution in [0, 0.1) is 0 Å². The average molecular weight is 477 g/mol. The summed E-state index contributed by atoms with van der Waals surface area (Å²) in [7, 11) is 0. The molecule has 0 amide bonds. The molecule has 6 aromatic carbocycles. The van der Waals surface area contributed by atoms with Gasteiger partial charge in [-0.05, 0) is 49.7 Å². The monoisotopic (exact) mass is 476 g/mol. The highest BCUT2D eigenvalue weighted by Crippen LogP contribution is 2.49. The lowest BCUT2D eigenvalue weighted by Crippen LogP contribution is -2.06. The lowest BCUT2D eigenvalue weighted by Gasteiger charge is -2.24. The summed E-state index contributed by atoms with van der Waals surface area (Å²) < 4.78 is 0. The molecule has 0 spiro atoms. The second-order valence-electron chi connectivity index (χ2n) is 9.00. The van der Waals surface area contributed by atoms with Gasteiger partial charge in [-0.15, -0.1) is 0 Å². The molecule has 0 unspecified atom stereocenters. The van der Waals surface area contributed by atoms with E-state index >= 15 is 0 Å². The van der Waals surface area contributed by atoms with Crippen LogP contribution < -0.4 is 0 Å². The smallest absolute Gasteiger partial charge is 0.336 e. The van der Waals surface area contributed by atoms with Gasteiger partial charge in [-0.2, -0.15) is 0 Å². The summed E-state index contributed by atoms with van der Waals surface area (Å²) in [5.41, 5.74) is 7.97. The van der Waals surface area contributed by atoms with Gasteiger partial charge in [0.1, 0.15) is 0 Å². The van der Waals surface area contributed by atoms with Crippen LogP contribution in [0.4, 0.5) is 0 Å². The fourth-order valence-corrected chi connectivity index (χ4v) is 5.30. The van der Waals surface area contributed by atoms with Crippen LogP contribution in [0.25, 0.3) is 55.3 Å². The van der Waals surface area contributed by atoms with E-state index in [9.17, 15) is 9.90 Å². The van der Waals surface area contributed by atoms with Crippen molar-refractivity contribution in [3.63, 3.8) is 0 Å². The number of fused-ring (bicyclic) bond motifs is 1. The first kappa shape index (κ1) is 22.5. The lowest BCUT2D eigenvalue weighted by atomic mass is 9.79. The molecule has 0 saturated carbocycles. The van der Waals surface area contributed by atoms with Crippen LogP contribution in [-0.4, -0.2) is 11.1 Å². The quantitative estimate of drug-likeness (QED) is 0.269. The number of hydrogen-bond acceptors (Lipinski definition) is 1. The van der Waals surface area contributed by atoms with E-state index < -0.39 is 5.97 Å². The number of carboxylic acids is 1. The van der Waals surface area contributed by atoms with Gasteiger partial charge in [-0.1, -0.05) is 140 Å². The minimum atomic E-state index is -0.939. The van der Waals surface area contributed by atoms with E-state index in [1.165, 1.54) is 0 Å². The van der Waals surface area contributed by atoms with Crippen molar-refractivity contribution < 1.29 is 9.90 Å². The molecule has 0 aromatic heterocycles. The molecule has 0 saturated heterocycles. The molecule has 0 aliphatic carbocycles. The van der Waals surface area contributed by atoms with Gasteiger partial charge in [0.15, 0.2) is 0 Å². The molecule has 0 atom stereocenters. The summed E-state index contributed by atoms with van der Waals surface area (Å²) in [6.45, 7) is 0. The summed E-state index contributed by atoms with van der Waals surface area (Å²) >= 11 is 0. The van der Waals surface area contributed by atoms with E-state index in [2.05, 4.69) is 42.5 Å². The predicted octanol–water partition coefficient (Wildman–Crippen LogP) is 9.21. The van der Waals surface area contributed by atoms with Gasteiger partial charge in [0.05, 0.1) is 5.56 Å². The van der Waals surface area contributed by atoms with Crippen molar-refractivity contribution in [2.24, 2.45) is 0 Å². The fraction of sp³-hybridized carbons (Fsp3) is 0. The highest BCUT2D eigenvalue weighted by molar-refractivity contribution is 6.23. The largest absolute Gasteiger partial charge is 0.478 e. The topological polar surface area (TPSA) is 37.3 Å². The van der Waals surface area contributed by atoms with Gasteiger partial charge >= 0.3 is 5.97 Å². The zero-order chi connectivity index (χ0) is 25.2. The van der Waals surface area contributed by atoms with Crippen LogP contribution in [0.3, 0.4) is 0 Å². The second-order valence-corrected chi connectivity index (χ2v) is 9.00. The van der Waals surface area contributed by atoms with Gasteiger partial charge < -0.3 is 5.11 Å². The normalized spacial score (nSPS) is 10.9. The van der Waals surface area contributed by atoms with Crippen LogP contribution in [0.2, 0.25) is 0 Å². The average Bonchev–Trinajstić information content (AvgIpc) is 2.97. The molecule has 0 bridgehead atoms. The zero-order valence-electron chi connectivity index (χ0n) is 20.1. The maximum absolute atomic E-state index is 13.1. The van der Waals surface area contributed by atoms with Crippen molar-refractivity contribution >= 4 is 16.7 Å². The number of benzene rings is 6. The minimum Gasteiger partial charge on any atom is -0.478 e. The van der Waals surface area contributed by atoms with E-state index in [0.717, 1.165) is 55.3 Å². The third-order valence-corrected chi connectivity index (χ3v) is 6.82. The Kier molecular flexibility index (Phi) is 5.84. The Bertz CT molecular complexity index is 1710. The summed E-state index contributed by atoms with van der Waals surface area (Å²) in [4.78, 5) is 13.1. The van der Waals surface area contributed by atoms with E-state index in [-0.39, 0.29) is 0 Å². The first-order chi connectivity index (χ1) is 18.2. The number of rotatable bonds is 5. The molecule has 0 heterocycles. The molecule has 37 heavy (non-hydrogen) atoms. The van der Waals surface area contributed by atoms with Gasteiger partial charge in [0.25, 0.3) is 0 Å². The maximum Gasteiger partial charge on any atom is 0.336 e. The van der Waals surface area contributed by atoms with Crippen molar-refractivity contribution in [3.05, 3.63) is 145 Å². The number of hydrogen-bond donors (Lipinski definition) is 1. The van der Waals surface area contributed by atoms with Gasteiger partial charge in [0.2, 0.25) is 0 Å². The Morgan fingerprint density at radius 1 is 0.432 bits per heavy atom. The Balaban J connectivity index is 1.93. The van der Waals surface area contributed by atoms with E-state index in [1.807, 2.05) is 97.1 Å². The van der Waals surface area contributed by atoms with Gasteiger partial charge in [0, 0.05) is 5.56 Å². The summed E-state index contributed by atoms with van der Waals surface area (Å²) in [5.74, 6) is -0.939. The van der Waals surface area contributed by atoms with Crippen molar-refractivity contribution in [2.75, 3.05) is 0 Å². The molecule has 6 aromatic rings. The van der Waals surface area contributed by atoms with E-state index in [0.29, 0.717) is 5.56 Å². The third kappa shape index (κ3) is 3.99. The zero-order valence-corrected chi connectivity index (χ0v) is 20.1. The Morgan fingerprint density at radius 3 is 1.35 bits per heavy atom. The number of carbonyl (C=O) groups is 1. The first-order valence-electron chi connectivity index (χ1n) is 12.3. The van der Waals surface area contributed by atoms with E-state index in [1.54, 1.807) is 0 Å². The van der Waals surface area contributed by atoms with Crippen molar-refractivity contribution in [3.8, 4) is 44.5 Å². The SMILES string of the molecule is O=C(O)c1c(-c2ccccc2)c(-c2ccccc2)c(-c2ccccc2)c2c(-c3ccccc3)cccc12. The van der Waals surface area contributed by atoms with Crippen LogP contribution >= 0.6 is 0 Å². The van der Waals surface area contributed by atoms with Crippen molar-refractivity contribution in [1.82, 2.24) is 0 Å². The Labute approximate surface area is 216 Å². The Morgan fingerprint density at radius 2 is 0.865 bits per heavy atom. The van der Waals surface area contributed by atoms with Crippen LogP contribution in [0.5, 0.6) is 0 Å². The van der Waals surface area contributed by atoms with Crippen LogP contribution in [0.15, 0.2) is 140 Å². The molecule has 0 aliphatic rings. The molecule has 0 radical (unpaired) electrons. The molecular formula is C35H24O2. The summed E-state index contributed by atoms with van der Waals surface area (Å²) in [5, 5.41) is 12.4. The maximum atomic E-state index is 13.1. The van der Waals surface area contributed by atoms with Crippen LogP contribution in [-0.2, 0) is 0 Å². The third-order valence-electron chi connectivity index (χ3n) is 6.82. The number of aromatic carboxylic acids is 1. The lowest BCUT2D eigenvalue weighted by molar-refractivity contribution is 0.0700. The standard InChI is InChI=1S/C35H24O2/c36-35(37)34-29-23-13-22-28(24-14-5-1-6-15-24)33(29)31(26-18-9-3-10-19-26)30(25-16-7-2-8-17-25)32(34)27-20-11-4-12-21-27/h1-23H,(H,36,37). The highest BCUT2D eigenvalue weighted by atomic mass is 16.4. The molecular weight excluding hydrogens is 452 g/mol. The molecule has 0 aliphatic heterocycles. The molecule has 1 N–H and O–H groups in total.